The summed E-state index contributed by atoms with van der Waals surface area (Å²) in [4.78, 5) is 20.5. The van der Waals surface area contributed by atoms with Crippen LogP contribution in [0.2, 0.25) is 0 Å². The summed E-state index contributed by atoms with van der Waals surface area (Å²) >= 11 is 0. The Kier molecular flexibility index (Phi) is 4.71. The fraction of sp³-hybridized carbons (Fsp3) is 0.353. The highest BCUT2D eigenvalue weighted by Crippen LogP contribution is 2.35. The van der Waals surface area contributed by atoms with Crippen molar-refractivity contribution in [1.29, 1.82) is 0 Å². The van der Waals surface area contributed by atoms with Crippen molar-refractivity contribution in [1.82, 2.24) is 15.3 Å². The van der Waals surface area contributed by atoms with Gasteiger partial charge in [-0.3, -0.25) is 14.8 Å². The van der Waals surface area contributed by atoms with Gasteiger partial charge in [0.15, 0.2) is 11.5 Å². The molecule has 1 aromatic carbocycles. The number of hydrogen-bond acceptors (Lipinski definition) is 5. The van der Waals surface area contributed by atoms with Crippen LogP contribution in [0.3, 0.4) is 0 Å². The highest BCUT2D eigenvalue weighted by atomic mass is 16.5. The second kappa shape index (κ2) is 7.09. The lowest BCUT2D eigenvalue weighted by Gasteiger charge is -2.25. The number of carbonyl (C=O) groups is 1. The van der Waals surface area contributed by atoms with Crippen molar-refractivity contribution in [3.8, 4) is 11.5 Å². The number of nitrogens with one attached hydrogen (secondary N) is 1. The zero-order valence-electron chi connectivity index (χ0n) is 13.0. The quantitative estimate of drug-likeness (QED) is 0.903. The van der Waals surface area contributed by atoms with E-state index in [1.807, 2.05) is 18.2 Å². The molecule has 1 amide bonds. The summed E-state index contributed by atoms with van der Waals surface area (Å²) < 4.78 is 11.0. The maximum absolute atomic E-state index is 12.3. The average molecular weight is 313 g/mol. The van der Waals surface area contributed by atoms with E-state index in [9.17, 15) is 4.79 Å². The Labute approximate surface area is 134 Å². The normalized spacial score (nSPS) is 16.1. The van der Waals surface area contributed by atoms with Gasteiger partial charge in [-0.2, -0.15) is 0 Å². The molecule has 0 radical (unpaired) electrons. The highest BCUT2D eigenvalue weighted by Gasteiger charge is 2.27. The SMILES string of the molecule is COc1cccc2c1OCC(C(=O)NCCc1cnccn1)C2. The molecule has 1 atom stereocenters. The van der Waals surface area contributed by atoms with Crippen LogP contribution in [0.1, 0.15) is 11.3 Å². The van der Waals surface area contributed by atoms with Gasteiger partial charge in [0, 0.05) is 31.6 Å². The first-order valence-electron chi connectivity index (χ1n) is 7.59. The number of hydrogen-bond donors (Lipinski definition) is 1. The number of rotatable bonds is 5. The minimum atomic E-state index is -0.184. The standard InChI is InChI=1S/C17H19N3O3/c1-22-15-4-2-3-12-9-13(11-23-16(12)15)17(21)20-6-5-14-10-18-7-8-19-14/h2-4,7-8,10,13H,5-6,9,11H2,1H3,(H,20,21). The fourth-order valence-electron chi connectivity index (χ4n) is 2.64. The zero-order valence-corrected chi connectivity index (χ0v) is 13.0. The number of aromatic nitrogens is 2. The molecular weight excluding hydrogens is 294 g/mol. The Morgan fingerprint density at radius 3 is 3.13 bits per heavy atom. The zero-order chi connectivity index (χ0) is 16.1. The Morgan fingerprint density at radius 1 is 1.43 bits per heavy atom. The van der Waals surface area contributed by atoms with Crippen molar-refractivity contribution in [3.05, 3.63) is 48.0 Å². The number of para-hydroxylation sites is 1. The van der Waals surface area contributed by atoms with Crippen LogP contribution in [-0.2, 0) is 17.6 Å². The third-order valence-corrected chi connectivity index (χ3v) is 3.84. The molecule has 0 saturated heterocycles. The van der Waals surface area contributed by atoms with E-state index in [2.05, 4.69) is 15.3 Å². The van der Waals surface area contributed by atoms with Crippen LogP contribution in [0.4, 0.5) is 0 Å². The summed E-state index contributed by atoms with van der Waals surface area (Å²) in [7, 11) is 1.62. The molecule has 6 nitrogen and oxygen atoms in total. The van der Waals surface area contributed by atoms with Crippen molar-refractivity contribution in [2.45, 2.75) is 12.8 Å². The average Bonchev–Trinajstić information content (AvgIpc) is 2.61. The van der Waals surface area contributed by atoms with Gasteiger partial charge >= 0.3 is 0 Å². The molecule has 0 bridgehead atoms. The van der Waals surface area contributed by atoms with E-state index in [1.54, 1.807) is 25.7 Å². The summed E-state index contributed by atoms with van der Waals surface area (Å²) in [5.74, 6) is 1.28. The van der Waals surface area contributed by atoms with Crippen LogP contribution in [-0.4, -0.2) is 36.1 Å². The lowest BCUT2D eigenvalue weighted by Crippen LogP contribution is -2.38. The Bertz CT molecular complexity index is 676. The molecule has 120 valence electrons. The van der Waals surface area contributed by atoms with Gasteiger partial charge in [0.25, 0.3) is 0 Å². The molecule has 1 aliphatic rings. The first-order chi connectivity index (χ1) is 11.3. The van der Waals surface area contributed by atoms with Crippen LogP contribution in [0.25, 0.3) is 0 Å². The fourth-order valence-corrected chi connectivity index (χ4v) is 2.64. The number of fused-ring (bicyclic) bond motifs is 1. The number of ether oxygens (including phenoxy) is 2. The van der Waals surface area contributed by atoms with Crippen molar-refractivity contribution in [3.63, 3.8) is 0 Å². The summed E-state index contributed by atoms with van der Waals surface area (Å²) in [6.07, 6.45) is 6.31. The predicted octanol–water partition coefficient (Wildman–Crippen LogP) is 1.40. The molecule has 6 heteroatoms. The van der Waals surface area contributed by atoms with E-state index in [0.717, 1.165) is 17.0 Å². The molecule has 1 N–H and O–H groups in total. The summed E-state index contributed by atoms with van der Waals surface area (Å²) in [5, 5.41) is 2.94. The second-order valence-corrected chi connectivity index (χ2v) is 5.40. The summed E-state index contributed by atoms with van der Waals surface area (Å²) in [6.45, 7) is 0.906. The Hall–Kier alpha value is -2.63. The monoisotopic (exact) mass is 313 g/mol. The molecule has 23 heavy (non-hydrogen) atoms. The van der Waals surface area contributed by atoms with Crippen LogP contribution >= 0.6 is 0 Å². The molecule has 1 unspecified atom stereocenters. The molecule has 1 aliphatic heterocycles. The molecular formula is C17H19N3O3. The van der Waals surface area contributed by atoms with Gasteiger partial charge in [-0.05, 0) is 18.1 Å². The first-order valence-corrected chi connectivity index (χ1v) is 7.59. The smallest absolute Gasteiger partial charge is 0.226 e. The van der Waals surface area contributed by atoms with Gasteiger partial charge in [-0.25, -0.2) is 0 Å². The number of benzene rings is 1. The van der Waals surface area contributed by atoms with Crippen molar-refractivity contribution < 1.29 is 14.3 Å². The van der Waals surface area contributed by atoms with Crippen molar-refractivity contribution in [2.24, 2.45) is 5.92 Å². The highest BCUT2D eigenvalue weighted by molar-refractivity contribution is 5.79. The number of methoxy groups -OCH3 is 1. The first kappa shape index (κ1) is 15.3. The second-order valence-electron chi connectivity index (χ2n) is 5.40. The van der Waals surface area contributed by atoms with E-state index >= 15 is 0 Å². The molecule has 2 heterocycles. The van der Waals surface area contributed by atoms with E-state index in [1.165, 1.54) is 0 Å². The molecule has 0 aliphatic carbocycles. The largest absolute Gasteiger partial charge is 0.493 e. The van der Waals surface area contributed by atoms with Crippen molar-refractivity contribution >= 4 is 5.91 Å². The van der Waals surface area contributed by atoms with Gasteiger partial charge in [0.2, 0.25) is 5.91 Å². The Balaban J connectivity index is 1.55. The molecule has 2 aromatic rings. The van der Waals surface area contributed by atoms with Crippen LogP contribution in [0.15, 0.2) is 36.8 Å². The minimum Gasteiger partial charge on any atom is -0.493 e. The Morgan fingerprint density at radius 2 is 2.35 bits per heavy atom. The topological polar surface area (TPSA) is 73.3 Å². The van der Waals surface area contributed by atoms with Gasteiger partial charge < -0.3 is 14.8 Å². The van der Waals surface area contributed by atoms with E-state index in [-0.39, 0.29) is 11.8 Å². The molecule has 0 spiro atoms. The number of carbonyl (C=O) groups excluding carboxylic acids is 1. The van der Waals surface area contributed by atoms with Crippen molar-refractivity contribution in [2.75, 3.05) is 20.3 Å². The number of nitrogens with zero attached hydrogens (tertiary/aromatic N) is 2. The van der Waals surface area contributed by atoms with Crippen LogP contribution < -0.4 is 14.8 Å². The lowest BCUT2D eigenvalue weighted by molar-refractivity contribution is -0.126. The van der Waals surface area contributed by atoms with Gasteiger partial charge in [0.05, 0.1) is 18.7 Å². The van der Waals surface area contributed by atoms with Crippen LogP contribution in [0.5, 0.6) is 11.5 Å². The molecule has 1 aromatic heterocycles. The lowest BCUT2D eigenvalue weighted by atomic mass is 9.95. The van der Waals surface area contributed by atoms with Crippen LogP contribution in [0, 0.1) is 5.92 Å². The number of amides is 1. The minimum absolute atomic E-state index is 0.00219. The molecule has 0 saturated carbocycles. The summed E-state index contributed by atoms with van der Waals surface area (Å²) in [5.41, 5.74) is 1.87. The molecule has 0 fully saturated rings. The van der Waals surface area contributed by atoms with Gasteiger partial charge in [0.1, 0.15) is 6.61 Å². The third kappa shape index (κ3) is 3.59. The van der Waals surface area contributed by atoms with Gasteiger partial charge in [-0.15, -0.1) is 0 Å². The van der Waals surface area contributed by atoms with E-state index in [0.29, 0.717) is 31.7 Å². The predicted molar refractivity (Wildman–Crippen MR) is 84.4 cm³/mol. The van der Waals surface area contributed by atoms with Gasteiger partial charge in [-0.1, -0.05) is 12.1 Å². The third-order valence-electron chi connectivity index (χ3n) is 3.84. The van der Waals surface area contributed by atoms with E-state index in [4.69, 9.17) is 9.47 Å². The molecule has 3 rings (SSSR count). The van der Waals surface area contributed by atoms with E-state index < -0.39 is 0 Å². The summed E-state index contributed by atoms with van der Waals surface area (Å²) in [6, 6.07) is 5.74. The maximum Gasteiger partial charge on any atom is 0.226 e. The maximum atomic E-state index is 12.3.